The number of hydrogen-bond acceptors (Lipinski definition) is 5. The molecule has 0 atom stereocenters. The number of anilines is 1. The number of nitrogens with one attached hydrogen (secondary N) is 2. The Balaban J connectivity index is 2.43. The first-order chi connectivity index (χ1) is 10.7. The average Bonchev–Trinajstić information content (AvgIpc) is 2.85. The van der Waals surface area contributed by atoms with E-state index in [-0.39, 0.29) is 16.4 Å². The van der Waals surface area contributed by atoms with E-state index in [9.17, 15) is 9.59 Å². The summed E-state index contributed by atoms with van der Waals surface area (Å²) in [7, 11) is 0. The minimum atomic E-state index is -0.767. The van der Waals surface area contributed by atoms with E-state index in [0.29, 0.717) is 11.3 Å². The molecule has 2 aromatic rings. The zero-order valence-electron chi connectivity index (χ0n) is 12.8. The number of nitrogens with zero attached hydrogens (tertiary/aromatic N) is 2. The molecule has 0 spiro atoms. The number of benzene rings is 1. The van der Waals surface area contributed by atoms with Crippen LogP contribution in [0.4, 0.5) is 10.5 Å². The van der Waals surface area contributed by atoms with Crippen molar-refractivity contribution < 1.29 is 14.3 Å². The number of aromatic nitrogens is 3. The summed E-state index contributed by atoms with van der Waals surface area (Å²) in [6.07, 6.45) is -0.662. The standard InChI is InChI=1S/C14H16ClN5O3/c1-14(2,3)23-13(22)17-8-6-4-5-7(15)9(8)10-11(12(16)21)19-20-18-10/h4-6H,1-3H3,(H2,16,21)(H,17,22)(H,18,19,20). The van der Waals surface area contributed by atoms with Crippen LogP contribution in [0.3, 0.4) is 0 Å². The van der Waals surface area contributed by atoms with Crippen LogP contribution in [-0.2, 0) is 4.74 Å². The highest BCUT2D eigenvalue weighted by Crippen LogP contribution is 2.35. The van der Waals surface area contributed by atoms with Gasteiger partial charge in [-0.05, 0) is 32.9 Å². The number of hydrogen-bond donors (Lipinski definition) is 3. The minimum absolute atomic E-state index is 0.0784. The molecule has 0 aliphatic rings. The molecule has 2 rings (SSSR count). The molecule has 1 aromatic heterocycles. The maximum Gasteiger partial charge on any atom is 0.412 e. The fourth-order valence-electron chi connectivity index (χ4n) is 1.86. The van der Waals surface area contributed by atoms with Gasteiger partial charge in [-0.2, -0.15) is 15.4 Å². The molecule has 0 saturated heterocycles. The quantitative estimate of drug-likeness (QED) is 0.794. The number of carbonyl (C=O) groups is 2. The molecule has 0 bridgehead atoms. The van der Waals surface area contributed by atoms with Gasteiger partial charge in [0.05, 0.1) is 10.7 Å². The van der Waals surface area contributed by atoms with Crippen molar-refractivity contribution in [2.75, 3.05) is 5.32 Å². The van der Waals surface area contributed by atoms with E-state index in [0.717, 1.165) is 0 Å². The smallest absolute Gasteiger partial charge is 0.412 e. The molecule has 0 aliphatic carbocycles. The third-order valence-electron chi connectivity index (χ3n) is 2.67. The minimum Gasteiger partial charge on any atom is -0.444 e. The zero-order valence-corrected chi connectivity index (χ0v) is 13.6. The highest BCUT2D eigenvalue weighted by atomic mass is 35.5. The summed E-state index contributed by atoms with van der Waals surface area (Å²) in [6.45, 7) is 5.23. The first-order valence-electron chi connectivity index (χ1n) is 6.68. The van der Waals surface area contributed by atoms with Crippen LogP contribution in [0.25, 0.3) is 11.3 Å². The van der Waals surface area contributed by atoms with Crippen molar-refractivity contribution in [2.45, 2.75) is 26.4 Å². The van der Waals surface area contributed by atoms with Gasteiger partial charge >= 0.3 is 6.09 Å². The second-order valence-electron chi connectivity index (χ2n) is 5.67. The van der Waals surface area contributed by atoms with Crippen molar-refractivity contribution in [1.29, 1.82) is 0 Å². The second-order valence-corrected chi connectivity index (χ2v) is 6.08. The van der Waals surface area contributed by atoms with Gasteiger partial charge in [0.1, 0.15) is 11.3 Å². The monoisotopic (exact) mass is 337 g/mol. The Labute approximate surface area is 137 Å². The van der Waals surface area contributed by atoms with Crippen LogP contribution in [0.15, 0.2) is 18.2 Å². The summed E-state index contributed by atoms with van der Waals surface area (Å²) in [6, 6.07) is 4.84. The topological polar surface area (TPSA) is 123 Å². The molecule has 0 saturated carbocycles. The van der Waals surface area contributed by atoms with Crippen LogP contribution in [0.5, 0.6) is 0 Å². The number of primary amides is 1. The molecule has 1 aromatic carbocycles. The lowest BCUT2D eigenvalue weighted by Crippen LogP contribution is -2.27. The lowest BCUT2D eigenvalue weighted by atomic mass is 10.1. The van der Waals surface area contributed by atoms with Gasteiger partial charge < -0.3 is 10.5 Å². The Morgan fingerprint density at radius 2 is 2.00 bits per heavy atom. The van der Waals surface area contributed by atoms with E-state index >= 15 is 0 Å². The van der Waals surface area contributed by atoms with Crippen molar-refractivity contribution in [3.8, 4) is 11.3 Å². The summed E-state index contributed by atoms with van der Waals surface area (Å²) in [5.41, 5.74) is 5.32. The Morgan fingerprint density at radius 1 is 1.30 bits per heavy atom. The fourth-order valence-corrected chi connectivity index (χ4v) is 2.12. The SMILES string of the molecule is CC(C)(C)OC(=O)Nc1cccc(Cl)c1-c1n[nH]nc1C(N)=O. The van der Waals surface area contributed by atoms with Gasteiger partial charge in [0.15, 0.2) is 5.69 Å². The number of amides is 2. The van der Waals surface area contributed by atoms with Crippen molar-refractivity contribution in [1.82, 2.24) is 15.4 Å². The van der Waals surface area contributed by atoms with E-state index in [1.807, 2.05) is 0 Å². The lowest BCUT2D eigenvalue weighted by Gasteiger charge is -2.20. The molecule has 8 nitrogen and oxygen atoms in total. The molecule has 2 amide bonds. The Kier molecular flexibility index (Phi) is 4.55. The van der Waals surface area contributed by atoms with E-state index in [2.05, 4.69) is 20.7 Å². The number of H-pyrrole nitrogens is 1. The summed E-state index contributed by atoms with van der Waals surface area (Å²) in [5, 5.41) is 12.8. The molecule has 23 heavy (non-hydrogen) atoms. The van der Waals surface area contributed by atoms with Crippen molar-refractivity contribution in [3.63, 3.8) is 0 Å². The van der Waals surface area contributed by atoms with Crippen molar-refractivity contribution in [2.24, 2.45) is 5.73 Å². The third kappa shape index (κ3) is 3.98. The van der Waals surface area contributed by atoms with Gasteiger partial charge in [-0.25, -0.2) is 4.79 Å². The molecule has 0 aliphatic heterocycles. The van der Waals surface area contributed by atoms with E-state index in [1.54, 1.807) is 39.0 Å². The number of halogens is 1. The van der Waals surface area contributed by atoms with Crippen molar-refractivity contribution in [3.05, 3.63) is 28.9 Å². The fraction of sp³-hybridized carbons (Fsp3) is 0.286. The number of carbonyl (C=O) groups excluding carboxylic acids is 2. The van der Waals surface area contributed by atoms with E-state index < -0.39 is 17.6 Å². The Hall–Kier alpha value is -2.61. The highest BCUT2D eigenvalue weighted by molar-refractivity contribution is 6.34. The number of rotatable bonds is 3. The molecular formula is C14H16ClN5O3. The predicted octanol–water partition coefficient (Wildman–Crippen LogP) is 2.57. The first-order valence-corrected chi connectivity index (χ1v) is 7.06. The van der Waals surface area contributed by atoms with Gasteiger partial charge in [-0.1, -0.05) is 17.7 Å². The molecule has 9 heteroatoms. The Morgan fingerprint density at radius 3 is 2.61 bits per heavy atom. The highest BCUT2D eigenvalue weighted by Gasteiger charge is 2.23. The second kappa shape index (κ2) is 6.25. The predicted molar refractivity (Wildman–Crippen MR) is 85.2 cm³/mol. The molecule has 4 N–H and O–H groups in total. The van der Waals surface area contributed by atoms with Gasteiger partial charge in [0, 0.05) is 5.56 Å². The molecule has 0 fully saturated rings. The number of nitrogens with two attached hydrogens (primary N) is 1. The number of aromatic amines is 1. The van der Waals surface area contributed by atoms with Crippen LogP contribution in [-0.4, -0.2) is 33.0 Å². The maximum absolute atomic E-state index is 12.0. The third-order valence-corrected chi connectivity index (χ3v) is 2.98. The van der Waals surface area contributed by atoms with E-state index in [4.69, 9.17) is 22.1 Å². The molecule has 1 heterocycles. The van der Waals surface area contributed by atoms with Crippen LogP contribution in [0.2, 0.25) is 5.02 Å². The molecular weight excluding hydrogens is 322 g/mol. The summed E-state index contributed by atoms with van der Waals surface area (Å²) < 4.78 is 5.20. The van der Waals surface area contributed by atoms with Crippen molar-refractivity contribution >= 4 is 29.3 Å². The first kappa shape index (κ1) is 16.8. The van der Waals surface area contributed by atoms with Gasteiger partial charge in [0.2, 0.25) is 0 Å². The lowest BCUT2D eigenvalue weighted by molar-refractivity contribution is 0.0636. The van der Waals surface area contributed by atoms with Gasteiger partial charge in [0.25, 0.3) is 5.91 Å². The zero-order chi connectivity index (χ0) is 17.2. The summed E-state index contributed by atoms with van der Waals surface area (Å²) in [5.74, 6) is -0.767. The normalized spacial score (nSPS) is 11.1. The number of ether oxygens (including phenoxy) is 1. The van der Waals surface area contributed by atoms with E-state index in [1.165, 1.54) is 0 Å². The van der Waals surface area contributed by atoms with Gasteiger partial charge in [-0.15, -0.1) is 0 Å². The van der Waals surface area contributed by atoms with Crippen LogP contribution < -0.4 is 11.1 Å². The largest absolute Gasteiger partial charge is 0.444 e. The van der Waals surface area contributed by atoms with Crippen LogP contribution in [0, 0.1) is 0 Å². The van der Waals surface area contributed by atoms with Crippen LogP contribution in [0.1, 0.15) is 31.3 Å². The van der Waals surface area contributed by atoms with Gasteiger partial charge in [-0.3, -0.25) is 10.1 Å². The van der Waals surface area contributed by atoms with Crippen LogP contribution >= 0.6 is 11.6 Å². The molecule has 0 unspecified atom stereocenters. The molecule has 122 valence electrons. The maximum atomic E-state index is 12.0. The summed E-state index contributed by atoms with van der Waals surface area (Å²) >= 11 is 6.19. The average molecular weight is 338 g/mol. The molecule has 0 radical (unpaired) electrons. The summed E-state index contributed by atoms with van der Waals surface area (Å²) in [4.78, 5) is 23.4. The Bertz CT molecular complexity index is 751.